The number of benzene rings is 1. The lowest BCUT2D eigenvalue weighted by Crippen LogP contribution is -2.42. The monoisotopic (exact) mass is 407 g/mol. The number of amides is 2. The van der Waals surface area contributed by atoms with Crippen LogP contribution in [-0.2, 0) is 0 Å². The van der Waals surface area contributed by atoms with Crippen LogP contribution in [0.1, 0.15) is 71.8 Å². The van der Waals surface area contributed by atoms with Gasteiger partial charge in [0.2, 0.25) is 0 Å². The summed E-state index contributed by atoms with van der Waals surface area (Å²) in [6.45, 7) is 11.7. The van der Waals surface area contributed by atoms with Crippen molar-refractivity contribution >= 4 is 11.7 Å². The van der Waals surface area contributed by atoms with Crippen molar-refractivity contribution in [3.8, 4) is 5.75 Å². The highest BCUT2D eigenvalue weighted by Crippen LogP contribution is 2.22. The van der Waals surface area contributed by atoms with Crippen molar-refractivity contribution in [1.82, 2.24) is 10.6 Å². The minimum Gasteiger partial charge on any atom is -0.491 e. The zero-order chi connectivity index (χ0) is 21.7. The van der Waals surface area contributed by atoms with Gasteiger partial charge in [-0.1, -0.05) is 39.0 Å². The van der Waals surface area contributed by atoms with Gasteiger partial charge in [-0.15, -0.1) is 0 Å². The molecule has 0 saturated carbocycles. The zero-order valence-electron chi connectivity index (χ0n) is 18.9. The number of anilines is 1. The molecule has 6 heteroatoms. The number of aryl methyl sites for hydroxylation is 1. The van der Waals surface area contributed by atoms with Gasteiger partial charge in [0, 0.05) is 24.3 Å². The molecular formula is C23H41N3O3. The summed E-state index contributed by atoms with van der Waals surface area (Å²) >= 11 is 0. The maximum absolute atomic E-state index is 12.0. The van der Waals surface area contributed by atoms with E-state index in [1.165, 1.54) is 25.7 Å². The molecule has 0 spiro atoms. The number of hydrogen-bond acceptors (Lipinski definition) is 4. The van der Waals surface area contributed by atoms with Crippen LogP contribution >= 0.6 is 0 Å². The van der Waals surface area contributed by atoms with Crippen molar-refractivity contribution in [2.75, 3.05) is 25.0 Å². The van der Waals surface area contributed by atoms with E-state index in [4.69, 9.17) is 4.74 Å². The molecule has 1 aromatic carbocycles. The number of ether oxygens (including phenoxy) is 1. The van der Waals surface area contributed by atoms with E-state index >= 15 is 0 Å². The van der Waals surface area contributed by atoms with Gasteiger partial charge in [-0.05, 0) is 57.9 Å². The normalized spacial score (nSPS) is 12.5. The molecule has 0 fully saturated rings. The topological polar surface area (TPSA) is 82.6 Å². The lowest BCUT2D eigenvalue weighted by atomic mass is 10.1. The lowest BCUT2D eigenvalue weighted by molar-refractivity contribution is 0.0997. The number of urea groups is 1. The van der Waals surface area contributed by atoms with Crippen molar-refractivity contribution in [3.63, 3.8) is 0 Å². The molecule has 166 valence electrons. The fourth-order valence-electron chi connectivity index (χ4n) is 2.84. The third kappa shape index (κ3) is 12.4. The van der Waals surface area contributed by atoms with Crippen LogP contribution in [0.15, 0.2) is 18.2 Å². The predicted octanol–water partition coefficient (Wildman–Crippen LogP) is 4.60. The maximum atomic E-state index is 12.0. The summed E-state index contributed by atoms with van der Waals surface area (Å²) in [5.74, 6) is 0.706. The summed E-state index contributed by atoms with van der Waals surface area (Å²) in [7, 11) is 0. The second-order valence-corrected chi connectivity index (χ2v) is 8.72. The minimum absolute atomic E-state index is 0.0418. The molecule has 0 radical (unpaired) electrons. The molecule has 1 aromatic rings. The number of carbonyl (C=O) groups is 1. The number of aliphatic hydroxyl groups excluding tert-OH is 1. The first-order valence-corrected chi connectivity index (χ1v) is 10.9. The summed E-state index contributed by atoms with van der Waals surface area (Å²) in [5.41, 5.74) is 1.60. The summed E-state index contributed by atoms with van der Waals surface area (Å²) in [6.07, 6.45) is 6.63. The maximum Gasteiger partial charge on any atom is 0.319 e. The standard InChI is InChI=1S/C23H41N3O3/c1-6-7-8-9-10-11-14-24-22(28)26-19-12-13-21(18(2)15-19)29-17-20(27)16-25-23(3,4)5/h12-13,15,20,25,27H,6-11,14,16-17H2,1-5H3,(H2,24,26,28). The fourth-order valence-corrected chi connectivity index (χ4v) is 2.84. The molecule has 1 atom stereocenters. The first kappa shape index (κ1) is 25.2. The molecule has 1 rings (SSSR count). The van der Waals surface area contributed by atoms with Crippen LogP contribution in [0.2, 0.25) is 0 Å². The van der Waals surface area contributed by atoms with E-state index in [0.717, 1.165) is 24.1 Å². The third-order valence-corrected chi connectivity index (χ3v) is 4.55. The molecule has 0 aliphatic carbocycles. The highest BCUT2D eigenvalue weighted by Gasteiger charge is 2.13. The van der Waals surface area contributed by atoms with Gasteiger partial charge in [-0.25, -0.2) is 4.79 Å². The fraction of sp³-hybridized carbons (Fsp3) is 0.696. The molecule has 0 aliphatic heterocycles. The SMILES string of the molecule is CCCCCCCCNC(=O)Nc1ccc(OCC(O)CNC(C)(C)C)c(C)c1. The second kappa shape index (κ2) is 13.4. The highest BCUT2D eigenvalue weighted by atomic mass is 16.5. The summed E-state index contributed by atoms with van der Waals surface area (Å²) in [5, 5.41) is 19.1. The Labute approximate surface area is 176 Å². The van der Waals surface area contributed by atoms with Crippen LogP contribution in [0.5, 0.6) is 5.75 Å². The second-order valence-electron chi connectivity index (χ2n) is 8.72. The number of rotatable bonds is 13. The lowest BCUT2D eigenvalue weighted by Gasteiger charge is -2.23. The number of carbonyl (C=O) groups excluding carboxylic acids is 1. The van der Waals surface area contributed by atoms with Gasteiger partial charge < -0.3 is 25.8 Å². The summed E-state index contributed by atoms with van der Waals surface area (Å²) in [6, 6.07) is 5.32. The number of hydrogen-bond donors (Lipinski definition) is 4. The Morgan fingerprint density at radius 3 is 2.48 bits per heavy atom. The Bertz CT molecular complexity index is 600. The van der Waals surface area contributed by atoms with E-state index in [1.54, 1.807) is 0 Å². The predicted molar refractivity (Wildman–Crippen MR) is 121 cm³/mol. The van der Waals surface area contributed by atoms with Crippen molar-refractivity contribution in [3.05, 3.63) is 23.8 Å². The van der Waals surface area contributed by atoms with E-state index in [0.29, 0.717) is 18.8 Å². The Kier molecular flexibility index (Phi) is 11.7. The molecule has 4 N–H and O–H groups in total. The molecule has 29 heavy (non-hydrogen) atoms. The smallest absolute Gasteiger partial charge is 0.319 e. The van der Waals surface area contributed by atoms with Gasteiger partial charge in [0.15, 0.2) is 0 Å². The van der Waals surface area contributed by atoms with Crippen LogP contribution < -0.4 is 20.7 Å². The van der Waals surface area contributed by atoms with Crippen LogP contribution in [-0.4, -0.2) is 42.5 Å². The Morgan fingerprint density at radius 1 is 1.14 bits per heavy atom. The third-order valence-electron chi connectivity index (χ3n) is 4.55. The number of unbranched alkanes of at least 4 members (excludes halogenated alkanes) is 5. The first-order chi connectivity index (χ1) is 13.7. The molecule has 0 bridgehead atoms. The van der Waals surface area contributed by atoms with E-state index in [-0.39, 0.29) is 18.2 Å². The van der Waals surface area contributed by atoms with Crippen LogP contribution in [0, 0.1) is 6.92 Å². The summed E-state index contributed by atoms with van der Waals surface area (Å²) < 4.78 is 5.73. The van der Waals surface area contributed by atoms with Gasteiger partial charge in [0.05, 0.1) is 0 Å². The van der Waals surface area contributed by atoms with Crippen LogP contribution in [0.4, 0.5) is 10.5 Å². The molecule has 0 aliphatic rings. The first-order valence-electron chi connectivity index (χ1n) is 10.9. The Morgan fingerprint density at radius 2 is 1.83 bits per heavy atom. The Balaban J connectivity index is 2.32. The van der Waals surface area contributed by atoms with Crippen molar-refractivity contribution in [1.29, 1.82) is 0 Å². The molecule has 0 aromatic heterocycles. The molecular weight excluding hydrogens is 366 g/mol. The van der Waals surface area contributed by atoms with Gasteiger partial charge in [0.25, 0.3) is 0 Å². The van der Waals surface area contributed by atoms with Crippen molar-refractivity contribution in [2.45, 2.75) is 84.8 Å². The molecule has 0 heterocycles. The minimum atomic E-state index is -0.584. The van der Waals surface area contributed by atoms with Gasteiger partial charge in [0.1, 0.15) is 18.5 Å². The van der Waals surface area contributed by atoms with Gasteiger partial charge in [-0.2, -0.15) is 0 Å². The largest absolute Gasteiger partial charge is 0.491 e. The molecule has 2 amide bonds. The van der Waals surface area contributed by atoms with E-state index < -0.39 is 6.10 Å². The van der Waals surface area contributed by atoms with Crippen molar-refractivity contribution < 1.29 is 14.6 Å². The molecule has 0 saturated heterocycles. The van der Waals surface area contributed by atoms with Crippen molar-refractivity contribution in [2.24, 2.45) is 0 Å². The quantitative estimate of drug-likeness (QED) is 0.360. The van der Waals surface area contributed by atoms with Gasteiger partial charge >= 0.3 is 6.03 Å². The van der Waals surface area contributed by atoms with E-state index in [2.05, 4.69) is 43.6 Å². The van der Waals surface area contributed by atoms with Gasteiger partial charge in [-0.3, -0.25) is 0 Å². The number of β-amino-alcohol motifs (C(OH)–C–C–N with tert-alkyl or cyclic N) is 1. The summed E-state index contributed by atoms with van der Waals surface area (Å²) in [4.78, 5) is 12.0. The van der Waals surface area contributed by atoms with E-state index in [9.17, 15) is 9.90 Å². The molecule has 6 nitrogen and oxygen atoms in total. The highest BCUT2D eigenvalue weighted by molar-refractivity contribution is 5.89. The average Bonchev–Trinajstić information content (AvgIpc) is 2.64. The number of nitrogens with one attached hydrogen (secondary N) is 3. The van der Waals surface area contributed by atoms with E-state index in [1.807, 2.05) is 25.1 Å². The van der Waals surface area contributed by atoms with Crippen LogP contribution in [0.25, 0.3) is 0 Å². The van der Waals surface area contributed by atoms with Crippen LogP contribution in [0.3, 0.4) is 0 Å². The Hall–Kier alpha value is -1.79. The zero-order valence-corrected chi connectivity index (χ0v) is 18.9. The molecule has 1 unspecified atom stereocenters. The number of aliphatic hydroxyl groups is 1. The average molecular weight is 408 g/mol.